The fourth-order valence-corrected chi connectivity index (χ4v) is 2.89. The molecule has 0 fully saturated rings. The van der Waals surface area contributed by atoms with E-state index in [0.29, 0.717) is 32.6 Å². The van der Waals surface area contributed by atoms with Gasteiger partial charge in [0.2, 0.25) is 0 Å². The predicted molar refractivity (Wildman–Crippen MR) is 74.4 cm³/mol. The van der Waals surface area contributed by atoms with Crippen LogP contribution in [0.4, 0.5) is 13.2 Å². The number of nitrogens with zero attached hydrogens (tertiary/aromatic N) is 1. The summed E-state index contributed by atoms with van der Waals surface area (Å²) in [4.78, 5) is 2.97. The fraction of sp³-hybridized carbons (Fsp3) is 0.182. The molecule has 0 spiro atoms. The van der Waals surface area contributed by atoms with Gasteiger partial charge >= 0.3 is 13.7 Å². The van der Waals surface area contributed by atoms with E-state index in [2.05, 4.69) is 20.9 Å². The molecule has 0 aliphatic rings. The Bertz CT molecular complexity index is 633. The van der Waals surface area contributed by atoms with Gasteiger partial charge in [0.05, 0.1) is 17.8 Å². The Morgan fingerprint density at radius 2 is 2.10 bits per heavy atom. The number of methoxy groups -OCH3 is 1. The largest absolute Gasteiger partial charge is 0.496 e. The molecule has 20 heavy (non-hydrogen) atoms. The molecule has 9 heteroatoms. The third-order valence-electron chi connectivity index (χ3n) is 2.48. The number of hydrogen-bond acceptors (Lipinski definition) is 4. The molecule has 0 amide bonds. The van der Waals surface area contributed by atoms with Crippen LogP contribution in [0.2, 0.25) is 0 Å². The van der Waals surface area contributed by atoms with E-state index >= 15 is 0 Å². The van der Waals surface area contributed by atoms with Gasteiger partial charge in [0.15, 0.2) is 0 Å². The van der Waals surface area contributed by atoms with E-state index in [1.165, 1.54) is 13.2 Å². The van der Waals surface area contributed by atoms with Crippen molar-refractivity contribution < 1.29 is 22.9 Å². The molecule has 2 rings (SSSR count). The monoisotopic (exact) mass is 364 g/mol. The first-order chi connectivity index (χ1) is 9.36. The second-order valence-electron chi connectivity index (χ2n) is 3.73. The SMILES string of the molecule is COc1cc(-c2ncc(C(F)(F)F)s2)c([B]O)cc1Br. The highest BCUT2D eigenvalue weighted by molar-refractivity contribution is 9.10. The van der Waals surface area contributed by atoms with Gasteiger partial charge in [0.25, 0.3) is 0 Å². The lowest BCUT2D eigenvalue weighted by molar-refractivity contribution is -0.134. The number of hydrogen-bond donors (Lipinski definition) is 1. The van der Waals surface area contributed by atoms with Crippen LogP contribution in [0.25, 0.3) is 10.6 Å². The second kappa shape index (κ2) is 5.75. The minimum absolute atomic E-state index is 0.156. The molecule has 1 heterocycles. The first-order valence-electron chi connectivity index (χ1n) is 5.25. The summed E-state index contributed by atoms with van der Waals surface area (Å²) in [6.07, 6.45) is -3.66. The first kappa shape index (κ1) is 15.3. The van der Waals surface area contributed by atoms with E-state index < -0.39 is 11.1 Å². The molecule has 105 valence electrons. The molecule has 0 saturated heterocycles. The van der Waals surface area contributed by atoms with Crippen LogP contribution in [0.5, 0.6) is 5.75 Å². The van der Waals surface area contributed by atoms with Gasteiger partial charge in [-0.05, 0) is 33.5 Å². The molecule has 3 nitrogen and oxygen atoms in total. The highest BCUT2D eigenvalue weighted by Gasteiger charge is 2.33. The number of benzene rings is 1. The predicted octanol–water partition coefficient (Wildman–Crippen LogP) is 2.84. The number of aromatic nitrogens is 1. The average molecular weight is 365 g/mol. The Hall–Kier alpha value is -1.06. The van der Waals surface area contributed by atoms with Gasteiger partial charge in [0, 0.05) is 5.56 Å². The minimum atomic E-state index is -4.43. The second-order valence-corrected chi connectivity index (χ2v) is 5.62. The lowest BCUT2D eigenvalue weighted by atomic mass is 9.84. The summed E-state index contributed by atoms with van der Waals surface area (Å²) in [5.41, 5.74) is 0.716. The van der Waals surface area contributed by atoms with Gasteiger partial charge in [-0.25, -0.2) is 4.98 Å². The van der Waals surface area contributed by atoms with Crippen LogP contribution in [-0.4, -0.2) is 24.6 Å². The van der Waals surface area contributed by atoms with Gasteiger partial charge < -0.3 is 9.76 Å². The van der Waals surface area contributed by atoms with E-state index in [0.717, 1.165) is 13.7 Å². The smallest absolute Gasteiger partial charge is 0.427 e. The molecule has 0 atom stereocenters. The highest BCUT2D eigenvalue weighted by Crippen LogP contribution is 2.37. The number of rotatable bonds is 3. The van der Waals surface area contributed by atoms with E-state index in [1.54, 1.807) is 6.07 Å². The van der Waals surface area contributed by atoms with E-state index in [4.69, 9.17) is 4.74 Å². The molecular weight excluding hydrogens is 358 g/mol. The molecule has 2 aromatic rings. The maximum Gasteiger partial charge on any atom is 0.427 e. The maximum atomic E-state index is 12.6. The zero-order valence-electron chi connectivity index (χ0n) is 10.0. The Balaban J connectivity index is 2.54. The molecule has 1 aromatic heterocycles. The van der Waals surface area contributed by atoms with Crippen molar-refractivity contribution >= 4 is 40.2 Å². The van der Waals surface area contributed by atoms with Crippen LogP contribution in [0, 0.1) is 0 Å². The summed E-state index contributed by atoms with van der Waals surface area (Å²) in [6, 6.07) is 3.06. The van der Waals surface area contributed by atoms with Crippen LogP contribution in [-0.2, 0) is 6.18 Å². The molecule has 0 bridgehead atoms. The van der Waals surface area contributed by atoms with Gasteiger partial charge in [0.1, 0.15) is 15.6 Å². The van der Waals surface area contributed by atoms with E-state index in [-0.39, 0.29) is 5.01 Å². The first-order valence-corrected chi connectivity index (χ1v) is 6.86. The van der Waals surface area contributed by atoms with Crippen LogP contribution >= 0.6 is 27.3 Å². The number of ether oxygens (including phenoxy) is 1. The van der Waals surface area contributed by atoms with Crippen LogP contribution < -0.4 is 10.2 Å². The third kappa shape index (κ3) is 2.99. The van der Waals surface area contributed by atoms with Gasteiger partial charge in [-0.3, -0.25) is 0 Å². The number of alkyl halides is 3. The third-order valence-corrected chi connectivity index (χ3v) is 4.17. The average Bonchev–Trinajstić information content (AvgIpc) is 2.87. The van der Waals surface area contributed by atoms with Crippen molar-refractivity contribution in [3.05, 3.63) is 27.7 Å². The van der Waals surface area contributed by atoms with Gasteiger partial charge in [-0.2, -0.15) is 13.2 Å². The summed E-state index contributed by atoms with van der Waals surface area (Å²) in [7, 11) is 2.25. The zero-order chi connectivity index (χ0) is 14.9. The summed E-state index contributed by atoms with van der Waals surface area (Å²) in [5, 5.41) is 9.36. The van der Waals surface area contributed by atoms with Crippen molar-refractivity contribution in [3.63, 3.8) is 0 Å². The molecule has 1 aromatic carbocycles. The minimum Gasteiger partial charge on any atom is -0.496 e. The maximum absolute atomic E-state index is 12.6. The molecule has 0 unspecified atom stereocenters. The molecule has 0 aliphatic heterocycles. The van der Waals surface area contributed by atoms with Gasteiger partial charge in [-0.15, -0.1) is 11.3 Å². The van der Waals surface area contributed by atoms with Crippen LogP contribution in [0.1, 0.15) is 4.88 Å². The standard InChI is InChI=1S/C11H7BBrF3NO2S/c1-19-8-2-5(6(12-18)3-7(8)13)10-17-4-9(20-10)11(14,15)16/h2-4,18H,1H3. The van der Waals surface area contributed by atoms with E-state index in [9.17, 15) is 18.2 Å². The number of halogens is 4. The Morgan fingerprint density at radius 3 is 2.60 bits per heavy atom. The van der Waals surface area contributed by atoms with Crippen molar-refractivity contribution in [2.24, 2.45) is 0 Å². The fourth-order valence-electron chi connectivity index (χ4n) is 1.55. The quantitative estimate of drug-likeness (QED) is 0.851. The van der Waals surface area contributed by atoms with Crippen molar-refractivity contribution in [1.82, 2.24) is 4.98 Å². The van der Waals surface area contributed by atoms with Crippen molar-refractivity contribution in [2.45, 2.75) is 6.18 Å². The lowest BCUT2D eigenvalue weighted by Crippen LogP contribution is -2.16. The molecule has 1 radical (unpaired) electrons. The molecular formula is C11H7BBrF3NO2S. The summed E-state index contributed by atoms with van der Waals surface area (Å²) in [5.74, 6) is 0.439. The van der Waals surface area contributed by atoms with Crippen molar-refractivity contribution in [1.29, 1.82) is 0 Å². The van der Waals surface area contributed by atoms with Crippen molar-refractivity contribution in [2.75, 3.05) is 7.11 Å². The Kier molecular flexibility index (Phi) is 4.41. The van der Waals surface area contributed by atoms with Crippen molar-refractivity contribution in [3.8, 4) is 16.3 Å². The van der Waals surface area contributed by atoms with Crippen LogP contribution in [0.3, 0.4) is 0 Å². The highest BCUT2D eigenvalue weighted by atomic mass is 79.9. The normalized spacial score (nSPS) is 11.5. The Morgan fingerprint density at radius 1 is 1.40 bits per heavy atom. The summed E-state index contributed by atoms with van der Waals surface area (Å²) >= 11 is 3.75. The molecule has 0 aliphatic carbocycles. The Labute approximate surface area is 125 Å². The van der Waals surface area contributed by atoms with E-state index in [1.807, 2.05) is 0 Å². The number of thiazole rings is 1. The zero-order valence-corrected chi connectivity index (χ0v) is 12.4. The summed E-state index contributed by atoms with van der Waals surface area (Å²) < 4.78 is 43.4. The molecule has 0 saturated carbocycles. The van der Waals surface area contributed by atoms with Gasteiger partial charge in [-0.1, -0.05) is 0 Å². The topological polar surface area (TPSA) is 42.4 Å². The molecule has 1 N–H and O–H groups in total. The lowest BCUT2D eigenvalue weighted by Gasteiger charge is -2.09. The summed E-state index contributed by atoms with van der Waals surface area (Å²) in [6.45, 7) is 0. The van der Waals surface area contributed by atoms with Crippen LogP contribution in [0.15, 0.2) is 22.8 Å².